The Bertz CT molecular complexity index is 727. The predicted octanol–water partition coefficient (Wildman–Crippen LogP) is 2.78. The van der Waals surface area contributed by atoms with Crippen molar-refractivity contribution in [2.45, 2.75) is 57.0 Å². The van der Waals surface area contributed by atoms with Crippen molar-refractivity contribution < 1.29 is 4.79 Å². The van der Waals surface area contributed by atoms with Crippen LogP contribution in [0, 0.1) is 5.92 Å². The summed E-state index contributed by atoms with van der Waals surface area (Å²) < 4.78 is 0. The van der Waals surface area contributed by atoms with Gasteiger partial charge in [0, 0.05) is 17.2 Å². The lowest BCUT2D eigenvalue weighted by molar-refractivity contribution is 0.0855. The topological polar surface area (TPSA) is 97.1 Å². The Hall–Kier alpha value is -2.37. The molecule has 4 N–H and O–H groups in total. The number of hydrogen-bond donors (Lipinski definition) is 2. The maximum atomic E-state index is 12.4. The molecule has 1 aliphatic heterocycles. The van der Waals surface area contributed by atoms with Crippen LogP contribution < -0.4 is 16.4 Å². The Morgan fingerprint density at radius 3 is 2.32 bits per heavy atom. The average Bonchev–Trinajstić information content (AvgIpc) is 2.53. The zero-order valence-electron chi connectivity index (χ0n) is 14.4. The van der Waals surface area contributed by atoms with Crippen LogP contribution in [0.15, 0.2) is 34.3 Å². The number of carbonyl (C=O) groups excluding carboxylic acids is 1. The fourth-order valence-electron chi connectivity index (χ4n) is 4.18. The molecular weight excluding hydrogens is 314 g/mol. The first-order valence-electron chi connectivity index (χ1n) is 9.23. The highest BCUT2D eigenvalue weighted by Crippen LogP contribution is 2.39. The summed E-state index contributed by atoms with van der Waals surface area (Å²) in [6, 6.07) is 7.73. The number of carbonyl (C=O) groups is 1. The van der Waals surface area contributed by atoms with Gasteiger partial charge in [-0.3, -0.25) is 9.69 Å². The van der Waals surface area contributed by atoms with E-state index in [-0.39, 0.29) is 17.7 Å². The van der Waals surface area contributed by atoms with Crippen LogP contribution in [-0.4, -0.2) is 23.4 Å². The zero-order valence-corrected chi connectivity index (χ0v) is 14.4. The molecule has 4 rings (SSSR count). The van der Waals surface area contributed by atoms with Crippen LogP contribution in [0.3, 0.4) is 0 Å². The first-order valence-corrected chi connectivity index (χ1v) is 9.23. The van der Waals surface area contributed by atoms with E-state index in [0.717, 1.165) is 56.2 Å². The van der Waals surface area contributed by atoms with Gasteiger partial charge in [0.05, 0.1) is 0 Å². The molecular formula is C19H25N5O. The van der Waals surface area contributed by atoms with Crippen LogP contribution in [0.4, 0.5) is 5.69 Å². The minimum atomic E-state index is -0.437. The maximum Gasteiger partial charge on any atom is 0.220 e. The molecule has 1 aromatic carbocycles. The third-order valence-electron chi connectivity index (χ3n) is 5.74. The molecule has 0 unspecified atom stereocenters. The molecule has 0 aromatic heterocycles. The summed E-state index contributed by atoms with van der Waals surface area (Å²) in [5.41, 5.74) is 13.4. The van der Waals surface area contributed by atoms with Gasteiger partial charge in [0.2, 0.25) is 11.9 Å². The van der Waals surface area contributed by atoms with E-state index < -0.39 is 5.66 Å². The zero-order chi connectivity index (χ0) is 17.4. The molecule has 3 aliphatic rings. The quantitative estimate of drug-likeness (QED) is 0.827. The van der Waals surface area contributed by atoms with Crippen molar-refractivity contribution in [3.63, 3.8) is 0 Å². The normalized spacial score (nSPS) is 23.0. The van der Waals surface area contributed by atoms with Crippen molar-refractivity contribution in [2.75, 3.05) is 4.90 Å². The SMILES string of the molecule is NC1=NC2(CCCCC2)N(c2ccc(C(=O)C3CCC3)cc2)C(N)=N1. The molecule has 6 heteroatoms. The third kappa shape index (κ3) is 2.79. The second-order valence-electron chi connectivity index (χ2n) is 7.36. The number of Topliss-reactive ketones (excluding diaryl/α,β-unsaturated/α-hetero) is 1. The number of nitrogens with zero attached hydrogens (tertiary/aromatic N) is 3. The summed E-state index contributed by atoms with van der Waals surface area (Å²) in [7, 11) is 0. The molecule has 6 nitrogen and oxygen atoms in total. The number of hydrogen-bond acceptors (Lipinski definition) is 6. The number of aliphatic imine (C=N–C) groups is 2. The molecule has 0 atom stereocenters. The summed E-state index contributed by atoms with van der Waals surface area (Å²) in [5.74, 6) is 1.11. The molecule has 1 heterocycles. The van der Waals surface area contributed by atoms with Gasteiger partial charge in [0.25, 0.3) is 0 Å². The highest BCUT2D eigenvalue weighted by molar-refractivity contribution is 6.06. The molecule has 2 aliphatic carbocycles. The maximum absolute atomic E-state index is 12.4. The van der Waals surface area contributed by atoms with Crippen LogP contribution in [0.2, 0.25) is 0 Å². The van der Waals surface area contributed by atoms with Crippen molar-refractivity contribution in [1.82, 2.24) is 0 Å². The summed E-state index contributed by atoms with van der Waals surface area (Å²) in [6.45, 7) is 0. The standard InChI is InChI=1S/C19H25N5O/c20-17-22-18(21)24(19(23-17)11-2-1-3-12-19)15-9-7-14(8-10-15)16(25)13-5-4-6-13/h7-10,13H,1-6,11-12H2,(H4,20,21,22,23). The fourth-order valence-corrected chi connectivity index (χ4v) is 4.18. The summed E-state index contributed by atoms with van der Waals surface area (Å²) >= 11 is 0. The first kappa shape index (κ1) is 16.1. The van der Waals surface area contributed by atoms with E-state index in [2.05, 4.69) is 9.98 Å². The highest BCUT2D eigenvalue weighted by Gasteiger charge is 2.42. The van der Waals surface area contributed by atoms with Crippen LogP contribution in [0.5, 0.6) is 0 Å². The lowest BCUT2D eigenvalue weighted by Crippen LogP contribution is -2.58. The first-order chi connectivity index (χ1) is 12.1. The Morgan fingerprint density at radius 2 is 1.72 bits per heavy atom. The molecule has 0 amide bonds. The molecule has 132 valence electrons. The minimum Gasteiger partial charge on any atom is -0.369 e. The molecule has 2 saturated carbocycles. The number of benzene rings is 1. The second kappa shape index (κ2) is 6.17. The van der Waals surface area contributed by atoms with Crippen LogP contribution in [0.25, 0.3) is 0 Å². The van der Waals surface area contributed by atoms with Gasteiger partial charge in [0.1, 0.15) is 5.66 Å². The number of anilines is 1. The van der Waals surface area contributed by atoms with Crippen LogP contribution >= 0.6 is 0 Å². The van der Waals surface area contributed by atoms with Crippen molar-refractivity contribution in [1.29, 1.82) is 0 Å². The number of guanidine groups is 2. The largest absolute Gasteiger partial charge is 0.369 e. The van der Waals surface area contributed by atoms with E-state index in [0.29, 0.717) is 5.96 Å². The monoisotopic (exact) mass is 339 g/mol. The van der Waals surface area contributed by atoms with E-state index in [1.807, 2.05) is 29.2 Å². The van der Waals surface area contributed by atoms with Gasteiger partial charge in [-0.05, 0) is 62.8 Å². The van der Waals surface area contributed by atoms with Gasteiger partial charge in [-0.1, -0.05) is 12.8 Å². The van der Waals surface area contributed by atoms with Crippen LogP contribution in [-0.2, 0) is 0 Å². The second-order valence-corrected chi connectivity index (χ2v) is 7.36. The molecule has 1 aromatic rings. The van der Waals surface area contributed by atoms with Gasteiger partial charge in [0.15, 0.2) is 5.78 Å². The van der Waals surface area contributed by atoms with Gasteiger partial charge in [-0.25, -0.2) is 4.99 Å². The summed E-state index contributed by atoms with van der Waals surface area (Å²) in [6.07, 6.45) is 8.41. The molecule has 0 radical (unpaired) electrons. The van der Waals surface area contributed by atoms with Gasteiger partial charge >= 0.3 is 0 Å². The molecule has 25 heavy (non-hydrogen) atoms. The fraction of sp³-hybridized carbons (Fsp3) is 0.526. The number of nitrogens with two attached hydrogens (primary N) is 2. The lowest BCUT2D eigenvalue weighted by atomic mass is 9.80. The molecule has 2 fully saturated rings. The Labute approximate surface area is 148 Å². The van der Waals surface area contributed by atoms with Crippen molar-refractivity contribution in [3.05, 3.63) is 29.8 Å². The van der Waals surface area contributed by atoms with E-state index in [1.165, 1.54) is 6.42 Å². The lowest BCUT2D eigenvalue weighted by Gasteiger charge is -2.45. The van der Waals surface area contributed by atoms with Gasteiger partial charge in [-0.2, -0.15) is 4.99 Å². The average molecular weight is 339 g/mol. The predicted molar refractivity (Wildman–Crippen MR) is 99.7 cm³/mol. The summed E-state index contributed by atoms with van der Waals surface area (Å²) in [5, 5.41) is 0. The highest BCUT2D eigenvalue weighted by atomic mass is 16.1. The Balaban J connectivity index is 1.64. The van der Waals surface area contributed by atoms with E-state index in [9.17, 15) is 4.79 Å². The number of ketones is 1. The number of rotatable bonds is 3. The Kier molecular flexibility index (Phi) is 3.98. The molecule has 1 spiro atoms. The smallest absolute Gasteiger partial charge is 0.220 e. The van der Waals surface area contributed by atoms with Gasteiger partial charge < -0.3 is 11.5 Å². The van der Waals surface area contributed by atoms with Crippen molar-refractivity contribution in [2.24, 2.45) is 27.4 Å². The Morgan fingerprint density at radius 1 is 1.04 bits per heavy atom. The van der Waals surface area contributed by atoms with E-state index >= 15 is 0 Å². The van der Waals surface area contributed by atoms with E-state index in [4.69, 9.17) is 11.5 Å². The molecule has 0 saturated heterocycles. The van der Waals surface area contributed by atoms with Crippen LogP contribution in [0.1, 0.15) is 61.7 Å². The van der Waals surface area contributed by atoms with Crippen molar-refractivity contribution >= 4 is 23.4 Å². The molecule has 0 bridgehead atoms. The van der Waals surface area contributed by atoms with Gasteiger partial charge in [-0.15, -0.1) is 0 Å². The third-order valence-corrected chi connectivity index (χ3v) is 5.74. The van der Waals surface area contributed by atoms with Crippen molar-refractivity contribution in [3.8, 4) is 0 Å². The summed E-state index contributed by atoms with van der Waals surface area (Å²) in [4.78, 5) is 23.3. The minimum absolute atomic E-state index is 0.210. The van der Waals surface area contributed by atoms with E-state index in [1.54, 1.807) is 0 Å².